The number of thiophene rings is 2. The average Bonchev–Trinajstić information content (AvgIpc) is 3.39. The van der Waals surface area contributed by atoms with Gasteiger partial charge in [-0.15, -0.1) is 22.7 Å². The van der Waals surface area contributed by atoms with Crippen molar-refractivity contribution >= 4 is 55.2 Å². The van der Waals surface area contributed by atoms with E-state index in [-0.39, 0.29) is 0 Å². The summed E-state index contributed by atoms with van der Waals surface area (Å²) in [4.78, 5) is 13.7. The van der Waals surface area contributed by atoms with Gasteiger partial charge in [-0.25, -0.2) is 4.98 Å². The van der Waals surface area contributed by atoms with Crippen LogP contribution < -0.4 is 5.32 Å². The Kier molecular flexibility index (Phi) is 4.39. The molecule has 5 aromatic rings. The van der Waals surface area contributed by atoms with Crippen molar-refractivity contribution in [2.45, 2.75) is 6.54 Å². The highest BCUT2D eigenvalue weighted by Crippen LogP contribution is 2.38. The van der Waals surface area contributed by atoms with Crippen molar-refractivity contribution in [3.8, 4) is 10.4 Å². The topological polar surface area (TPSA) is 44.0 Å². The highest BCUT2D eigenvalue weighted by molar-refractivity contribution is 7.22. The van der Waals surface area contributed by atoms with Crippen molar-refractivity contribution in [1.29, 1.82) is 0 Å². The number of hydrogen-bond acceptors (Lipinski definition) is 5. The van der Waals surface area contributed by atoms with Crippen molar-refractivity contribution < 1.29 is 0 Å². The number of aromatic nitrogens is 2. The molecule has 0 aliphatic carbocycles. The SMILES string of the molecule is CN(C)Cc1cc(-c2cc3c(Nc4ccc5[nH]ccc5c4)ccnc3s2)cs1. The second kappa shape index (κ2) is 7.05. The molecule has 0 spiro atoms. The molecule has 0 saturated carbocycles. The number of nitrogens with one attached hydrogen (secondary N) is 2. The minimum atomic E-state index is 0.974. The minimum Gasteiger partial charge on any atom is -0.361 e. The summed E-state index contributed by atoms with van der Waals surface area (Å²) in [6.45, 7) is 0.974. The summed E-state index contributed by atoms with van der Waals surface area (Å²) in [5.41, 5.74) is 4.60. The van der Waals surface area contributed by atoms with E-state index in [2.05, 4.69) is 76.1 Å². The monoisotopic (exact) mass is 404 g/mol. The smallest absolute Gasteiger partial charge is 0.125 e. The number of H-pyrrole nitrogens is 1. The first kappa shape index (κ1) is 17.4. The zero-order valence-corrected chi connectivity index (χ0v) is 17.3. The van der Waals surface area contributed by atoms with Crippen LogP contribution in [0.25, 0.3) is 31.6 Å². The van der Waals surface area contributed by atoms with E-state index in [0.717, 1.165) is 33.7 Å². The van der Waals surface area contributed by atoms with E-state index >= 15 is 0 Å². The maximum absolute atomic E-state index is 4.60. The molecule has 0 unspecified atom stereocenters. The summed E-state index contributed by atoms with van der Waals surface area (Å²) in [6.07, 6.45) is 3.85. The van der Waals surface area contributed by atoms with Gasteiger partial charge in [-0.3, -0.25) is 0 Å². The third-order valence-corrected chi connectivity index (χ3v) is 6.69. The van der Waals surface area contributed by atoms with E-state index in [4.69, 9.17) is 0 Å². The van der Waals surface area contributed by atoms with Gasteiger partial charge in [0.05, 0.1) is 5.69 Å². The molecule has 0 aliphatic rings. The Morgan fingerprint density at radius 1 is 1.11 bits per heavy atom. The highest BCUT2D eigenvalue weighted by atomic mass is 32.1. The molecule has 0 radical (unpaired) electrons. The maximum Gasteiger partial charge on any atom is 0.125 e. The molecule has 28 heavy (non-hydrogen) atoms. The molecule has 0 atom stereocenters. The first-order chi connectivity index (χ1) is 13.7. The number of rotatable bonds is 5. The standard InChI is InChI=1S/C22H20N4S2/c1-26(2)12-17-10-15(13-27-17)21-11-18-20(6-8-24-22(18)28-21)25-16-3-4-19-14(9-16)5-7-23-19/h3-11,13,23H,12H2,1-2H3,(H,24,25). The van der Waals surface area contributed by atoms with Gasteiger partial charge in [0.15, 0.2) is 0 Å². The molecule has 4 aromatic heterocycles. The van der Waals surface area contributed by atoms with Crippen LogP contribution in [0.1, 0.15) is 4.88 Å². The Balaban J connectivity index is 1.49. The molecule has 2 N–H and O–H groups in total. The molecule has 4 nitrogen and oxygen atoms in total. The van der Waals surface area contributed by atoms with Crippen molar-refractivity contribution in [3.63, 3.8) is 0 Å². The number of anilines is 2. The van der Waals surface area contributed by atoms with Crippen LogP contribution in [0.15, 0.2) is 60.2 Å². The lowest BCUT2D eigenvalue weighted by Gasteiger charge is -2.07. The molecule has 0 fully saturated rings. The Hall–Kier alpha value is -2.67. The number of benzene rings is 1. The van der Waals surface area contributed by atoms with E-state index in [0.29, 0.717) is 0 Å². The number of nitrogens with zero attached hydrogens (tertiary/aromatic N) is 2. The van der Waals surface area contributed by atoms with Crippen molar-refractivity contribution in [2.75, 3.05) is 19.4 Å². The Morgan fingerprint density at radius 2 is 2.04 bits per heavy atom. The summed E-state index contributed by atoms with van der Waals surface area (Å²) in [5, 5.41) is 8.19. The van der Waals surface area contributed by atoms with E-state index in [1.807, 2.05) is 29.8 Å². The van der Waals surface area contributed by atoms with Crippen LogP contribution in [0.3, 0.4) is 0 Å². The molecule has 0 amide bonds. The van der Waals surface area contributed by atoms with Crippen LogP contribution in [-0.2, 0) is 6.54 Å². The zero-order valence-electron chi connectivity index (χ0n) is 15.7. The lowest BCUT2D eigenvalue weighted by atomic mass is 10.2. The summed E-state index contributed by atoms with van der Waals surface area (Å²) >= 11 is 3.57. The van der Waals surface area contributed by atoms with Gasteiger partial charge in [0.1, 0.15) is 4.83 Å². The van der Waals surface area contributed by atoms with Crippen LogP contribution in [0.5, 0.6) is 0 Å². The lowest BCUT2D eigenvalue weighted by molar-refractivity contribution is 0.406. The van der Waals surface area contributed by atoms with E-state index in [9.17, 15) is 0 Å². The third kappa shape index (κ3) is 3.30. The molecule has 0 aliphatic heterocycles. The van der Waals surface area contributed by atoms with E-state index < -0.39 is 0 Å². The van der Waals surface area contributed by atoms with Crippen LogP contribution >= 0.6 is 22.7 Å². The minimum absolute atomic E-state index is 0.974. The Morgan fingerprint density at radius 3 is 2.93 bits per heavy atom. The third-order valence-electron chi connectivity index (χ3n) is 4.68. The fraction of sp³-hybridized carbons (Fsp3) is 0.136. The fourth-order valence-electron chi connectivity index (χ4n) is 3.38. The molecule has 1 aromatic carbocycles. The lowest BCUT2D eigenvalue weighted by Crippen LogP contribution is -2.09. The predicted molar refractivity (Wildman–Crippen MR) is 122 cm³/mol. The van der Waals surface area contributed by atoms with E-state index in [1.54, 1.807) is 11.3 Å². The van der Waals surface area contributed by atoms with Gasteiger partial charge in [-0.05, 0) is 61.9 Å². The van der Waals surface area contributed by atoms with Crippen molar-refractivity contribution in [3.05, 3.63) is 65.1 Å². The summed E-state index contributed by atoms with van der Waals surface area (Å²) < 4.78 is 0. The van der Waals surface area contributed by atoms with Crippen LogP contribution in [0.4, 0.5) is 11.4 Å². The van der Waals surface area contributed by atoms with E-state index in [1.165, 1.54) is 20.7 Å². The van der Waals surface area contributed by atoms with Crippen molar-refractivity contribution in [1.82, 2.24) is 14.9 Å². The van der Waals surface area contributed by atoms with Gasteiger partial charge < -0.3 is 15.2 Å². The van der Waals surface area contributed by atoms with Gasteiger partial charge in [0.25, 0.3) is 0 Å². The molecule has 140 valence electrons. The quantitative estimate of drug-likeness (QED) is 0.361. The number of fused-ring (bicyclic) bond motifs is 2. The number of aromatic amines is 1. The van der Waals surface area contributed by atoms with Crippen molar-refractivity contribution in [2.24, 2.45) is 0 Å². The average molecular weight is 405 g/mol. The molecule has 0 bridgehead atoms. The normalized spacial score (nSPS) is 11.7. The first-order valence-corrected chi connectivity index (χ1v) is 10.8. The molecular formula is C22H20N4S2. The fourth-order valence-corrected chi connectivity index (χ4v) is 5.47. The maximum atomic E-state index is 4.60. The molecule has 6 heteroatoms. The molecule has 4 heterocycles. The molecule has 5 rings (SSSR count). The predicted octanol–water partition coefficient (Wildman–Crippen LogP) is 6.31. The second-order valence-corrected chi connectivity index (χ2v) is 9.16. The van der Waals surface area contributed by atoms with Gasteiger partial charge in [0, 0.05) is 56.2 Å². The van der Waals surface area contributed by atoms with Gasteiger partial charge in [-0.2, -0.15) is 0 Å². The number of pyridine rings is 1. The van der Waals surface area contributed by atoms with Crippen LogP contribution in [0, 0.1) is 0 Å². The Bertz CT molecular complexity index is 1260. The van der Waals surface area contributed by atoms with Crippen LogP contribution in [0.2, 0.25) is 0 Å². The van der Waals surface area contributed by atoms with Crippen LogP contribution in [-0.4, -0.2) is 29.0 Å². The summed E-state index contributed by atoms with van der Waals surface area (Å²) in [7, 11) is 4.21. The van der Waals surface area contributed by atoms with Gasteiger partial charge in [-0.1, -0.05) is 0 Å². The molecular weight excluding hydrogens is 384 g/mol. The summed E-state index contributed by atoms with van der Waals surface area (Å²) in [6, 6.07) is 15.1. The highest BCUT2D eigenvalue weighted by Gasteiger charge is 2.11. The second-order valence-electron chi connectivity index (χ2n) is 7.13. The first-order valence-electron chi connectivity index (χ1n) is 9.11. The largest absolute Gasteiger partial charge is 0.361 e. The van der Waals surface area contributed by atoms with Gasteiger partial charge >= 0.3 is 0 Å². The van der Waals surface area contributed by atoms with Gasteiger partial charge in [0.2, 0.25) is 0 Å². The Labute approximate surface area is 171 Å². The summed E-state index contributed by atoms with van der Waals surface area (Å²) in [5.74, 6) is 0. The zero-order chi connectivity index (χ0) is 19.1. The molecule has 0 saturated heterocycles. The number of hydrogen-bond donors (Lipinski definition) is 2.